The highest BCUT2D eigenvalue weighted by molar-refractivity contribution is 7.90. The summed E-state index contributed by atoms with van der Waals surface area (Å²) >= 11 is 4.74. The molecule has 1 N–H and O–H groups in total. The molecule has 2 aromatic rings. The van der Waals surface area contributed by atoms with E-state index in [4.69, 9.17) is 11.6 Å². The summed E-state index contributed by atoms with van der Waals surface area (Å²) in [6.45, 7) is 1.46. The molecule has 0 aliphatic carbocycles. The van der Waals surface area contributed by atoms with Crippen LogP contribution in [0.25, 0.3) is 0 Å². The van der Waals surface area contributed by atoms with Gasteiger partial charge in [0.25, 0.3) is 11.8 Å². The van der Waals surface area contributed by atoms with Crippen LogP contribution in [0, 0.1) is 5.92 Å². The Morgan fingerprint density at radius 2 is 1.89 bits per heavy atom. The standard InChI is InChI=1S/C25H29ClF2N4O3S/c1-36(35)20-15-21(30-24(34)18-3-2-4-19(26)14-18)23(29-16-20)32-9-5-17(6-10-32)13-22(33)31-11-7-25(27,28)8-12-31/h2-4,14-17H,5-13H2,1H3,(H,30,34). The zero-order valence-electron chi connectivity index (χ0n) is 20.0. The third kappa shape index (κ3) is 6.66. The number of nitrogens with one attached hydrogen (secondary N) is 1. The number of pyridine rings is 1. The molecule has 7 nitrogen and oxygen atoms in total. The Labute approximate surface area is 217 Å². The van der Waals surface area contributed by atoms with E-state index in [9.17, 15) is 22.9 Å². The molecule has 2 aliphatic rings. The number of carbonyl (C=O) groups excluding carboxylic acids is 2. The molecule has 0 spiro atoms. The quantitative estimate of drug-likeness (QED) is 0.543. The number of piperidine rings is 2. The van der Waals surface area contributed by atoms with Gasteiger partial charge in [-0.05, 0) is 48.1 Å². The van der Waals surface area contributed by atoms with E-state index in [0.29, 0.717) is 46.5 Å². The summed E-state index contributed by atoms with van der Waals surface area (Å²) in [6, 6.07) is 8.26. The maximum Gasteiger partial charge on any atom is 0.255 e. The zero-order valence-corrected chi connectivity index (χ0v) is 21.6. The highest BCUT2D eigenvalue weighted by atomic mass is 35.5. The molecule has 2 amide bonds. The normalized spacial score (nSPS) is 19.1. The third-order valence-electron chi connectivity index (χ3n) is 6.73. The van der Waals surface area contributed by atoms with Crippen LogP contribution in [0.4, 0.5) is 20.3 Å². The van der Waals surface area contributed by atoms with Gasteiger partial charge in [-0.1, -0.05) is 17.7 Å². The summed E-state index contributed by atoms with van der Waals surface area (Å²) in [7, 11) is 0. The molecule has 2 aliphatic heterocycles. The van der Waals surface area contributed by atoms with Crippen molar-refractivity contribution < 1.29 is 22.9 Å². The number of halogens is 3. The van der Waals surface area contributed by atoms with E-state index in [1.807, 2.05) is 4.90 Å². The molecule has 0 radical (unpaired) electrons. The van der Waals surface area contributed by atoms with Crippen molar-refractivity contribution in [2.45, 2.75) is 42.9 Å². The first kappa shape index (κ1) is 26.6. The lowest BCUT2D eigenvalue weighted by molar-refractivity contribution is -0.138. The number of anilines is 2. The Morgan fingerprint density at radius 3 is 2.53 bits per heavy atom. The summed E-state index contributed by atoms with van der Waals surface area (Å²) in [6.07, 6.45) is 4.36. The number of rotatable bonds is 6. The number of hydrogen-bond donors (Lipinski definition) is 1. The van der Waals surface area contributed by atoms with E-state index < -0.39 is 17.1 Å². The highest BCUT2D eigenvalue weighted by Gasteiger charge is 2.36. The van der Waals surface area contributed by atoms with Gasteiger partial charge in [0, 0.05) is 62.1 Å². The molecule has 1 atom stereocenters. The Morgan fingerprint density at radius 1 is 1.19 bits per heavy atom. The maximum atomic E-state index is 13.4. The van der Waals surface area contributed by atoms with Crippen LogP contribution < -0.4 is 10.2 Å². The van der Waals surface area contributed by atoms with Crippen molar-refractivity contribution in [3.63, 3.8) is 0 Å². The Kier molecular flexibility index (Phi) is 8.37. The Balaban J connectivity index is 1.41. The van der Waals surface area contributed by atoms with Crippen molar-refractivity contribution in [3.05, 3.63) is 47.1 Å². The second-order valence-electron chi connectivity index (χ2n) is 9.33. The second kappa shape index (κ2) is 11.3. The van der Waals surface area contributed by atoms with Crippen molar-refractivity contribution in [1.82, 2.24) is 9.88 Å². The molecule has 0 bridgehead atoms. The first-order valence-corrected chi connectivity index (χ1v) is 13.9. The van der Waals surface area contributed by atoms with Crippen molar-refractivity contribution in [1.29, 1.82) is 0 Å². The molecule has 4 rings (SSSR count). The SMILES string of the molecule is C[S+]([O-])c1cnc(N2CCC(CC(=O)N3CCC(F)(F)CC3)CC2)c(NC(=O)c2cccc(Cl)c2)c1. The minimum absolute atomic E-state index is 0.0636. The van der Waals surface area contributed by atoms with E-state index in [2.05, 4.69) is 10.3 Å². The van der Waals surface area contributed by atoms with Gasteiger partial charge in [0.2, 0.25) is 5.91 Å². The van der Waals surface area contributed by atoms with Crippen LogP contribution in [0.1, 0.15) is 42.5 Å². The van der Waals surface area contributed by atoms with Gasteiger partial charge < -0.3 is 19.7 Å². The number of aromatic nitrogens is 1. The molecule has 2 fully saturated rings. The monoisotopic (exact) mass is 538 g/mol. The summed E-state index contributed by atoms with van der Waals surface area (Å²) < 4.78 is 38.8. The van der Waals surface area contributed by atoms with E-state index in [1.165, 1.54) is 0 Å². The van der Waals surface area contributed by atoms with E-state index >= 15 is 0 Å². The molecule has 11 heteroatoms. The van der Waals surface area contributed by atoms with Crippen LogP contribution in [0.2, 0.25) is 5.02 Å². The van der Waals surface area contributed by atoms with E-state index in [-0.39, 0.29) is 43.7 Å². The van der Waals surface area contributed by atoms with Gasteiger partial charge in [-0.25, -0.2) is 13.8 Å². The van der Waals surface area contributed by atoms with Gasteiger partial charge in [0.15, 0.2) is 10.7 Å². The minimum atomic E-state index is -2.67. The third-order valence-corrected chi connectivity index (χ3v) is 7.86. The summed E-state index contributed by atoms with van der Waals surface area (Å²) in [4.78, 5) is 34.1. The fraction of sp³-hybridized carbons (Fsp3) is 0.480. The number of alkyl halides is 2. The fourth-order valence-corrected chi connectivity index (χ4v) is 5.25. The molecule has 2 saturated heterocycles. The number of nitrogens with zero attached hydrogens (tertiary/aromatic N) is 3. The molecule has 0 saturated carbocycles. The van der Waals surface area contributed by atoms with E-state index in [0.717, 1.165) is 12.8 Å². The summed E-state index contributed by atoms with van der Waals surface area (Å²) in [5, 5.41) is 3.33. The predicted octanol–water partition coefficient (Wildman–Crippen LogP) is 4.59. The number of amides is 2. The van der Waals surface area contributed by atoms with Crippen LogP contribution in [-0.4, -0.2) is 64.6 Å². The molecular weight excluding hydrogens is 510 g/mol. The van der Waals surface area contributed by atoms with Gasteiger partial charge in [0.1, 0.15) is 6.26 Å². The van der Waals surface area contributed by atoms with Gasteiger partial charge in [-0.15, -0.1) is 0 Å². The number of likely N-dealkylation sites (tertiary alicyclic amines) is 1. The Bertz CT molecular complexity index is 1100. The highest BCUT2D eigenvalue weighted by Crippen LogP contribution is 2.33. The first-order chi connectivity index (χ1) is 17.1. The second-order valence-corrected chi connectivity index (χ2v) is 11.1. The van der Waals surface area contributed by atoms with E-state index in [1.54, 1.807) is 47.7 Å². The predicted molar refractivity (Wildman–Crippen MR) is 136 cm³/mol. The minimum Gasteiger partial charge on any atom is -0.612 e. The van der Waals surface area contributed by atoms with Crippen molar-refractivity contribution in [3.8, 4) is 0 Å². The lowest BCUT2D eigenvalue weighted by Crippen LogP contribution is -2.44. The van der Waals surface area contributed by atoms with Gasteiger partial charge in [-0.3, -0.25) is 9.59 Å². The van der Waals surface area contributed by atoms with Crippen molar-refractivity contribution in [2.24, 2.45) is 5.92 Å². The average Bonchev–Trinajstić information content (AvgIpc) is 2.84. The molecule has 36 heavy (non-hydrogen) atoms. The fourth-order valence-electron chi connectivity index (χ4n) is 4.57. The molecular formula is C25H29ClF2N4O3S. The summed E-state index contributed by atoms with van der Waals surface area (Å²) in [5.74, 6) is -2.36. The molecule has 1 unspecified atom stereocenters. The maximum absolute atomic E-state index is 13.4. The van der Waals surface area contributed by atoms with Crippen LogP contribution >= 0.6 is 11.6 Å². The Hall–Kier alpha value is -2.43. The molecule has 1 aromatic carbocycles. The summed E-state index contributed by atoms with van der Waals surface area (Å²) in [5.41, 5.74) is 0.848. The average molecular weight is 539 g/mol. The van der Waals surface area contributed by atoms with Gasteiger partial charge >= 0.3 is 0 Å². The van der Waals surface area contributed by atoms with Gasteiger partial charge in [0.05, 0.1) is 11.9 Å². The molecule has 194 valence electrons. The van der Waals surface area contributed by atoms with Gasteiger partial charge in [-0.2, -0.15) is 0 Å². The number of hydrogen-bond acceptors (Lipinski definition) is 5. The topological polar surface area (TPSA) is 88.6 Å². The van der Waals surface area contributed by atoms with Crippen molar-refractivity contribution >= 4 is 46.1 Å². The smallest absolute Gasteiger partial charge is 0.255 e. The molecule has 3 heterocycles. The number of carbonyl (C=O) groups is 2. The number of benzene rings is 1. The largest absolute Gasteiger partial charge is 0.612 e. The van der Waals surface area contributed by atoms with Crippen LogP contribution in [0.5, 0.6) is 0 Å². The van der Waals surface area contributed by atoms with Crippen molar-refractivity contribution in [2.75, 3.05) is 42.7 Å². The zero-order chi connectivity index (χ0) is 25.9. The van der Waals surface area contributed by atoms with Crippen LogP contribution in [0.15, 0.2) is 41.4 Å². The first-order valence-electron chi connectivity index (χ1n) is 11.9. The lowest BCUT2D eigenvalue weighted by Gasteiger charge is -2.36. The van der Waals surface area contributed by atoms with Crippen LogP contribution in [0.3, 0.4) is 0 Å². The lowest BCUT2D eigenvalue weighted by atomic mass is 9.92. The van der Waals surface area contributed by atoms with Crippen LogP contribution in [-0.2, 0) is 16.0 Å². The molecule has 1 aromatic heterocycles.